The lowest BCUT2D eigenvalue weighted by Crippen LogP contribution is -2.45. The number of hydrogen-bond donors (Lipinski definition) is 1. The highest BCUT2D eigenvalue weighted by Crippen LogP contribution is 2.40. The fraction of sp³-hybridized carbons (Fsp3) is 0.407. The Morgan fingerprint density at radius 3 is 2.50 bits per heavy atom. The molecular formula is C27H30FN9O. The first-order chi connectivity index (χ1) is 18.5. The largest absolute Gasteiger partial charge is 0.320 e. The van der Waals surface area contributed by atoms with Crippen LogP contribution in [0.4, 0.5) is 16.2 Å². The number of fused-ring (bicyclic) bond motifs is 1. The molecule has 2 fully saturated rings. The Labute approximate surface area is 220 Å². The van der Waals surface area contributed by atoms with Crippen LogP contribution in [0.3, 0.4) is 0 Å². The third kappa shape index (κ3) is 4.86. The fourth-order valence-electron chi connectivity index (χ4n) is 5.02. The summed E-state index contributed by atoms with van der Waals surface area (Å²) in [6, 6.07) is 5.88. The van der Waals surface area contributed by atoms with Crippen LogP contribution < -0.4 is 5.32 Å². The molecule has 0 bridgehead atoms. The molecule has 196 valence electrons. The van der Waals surface area contributed by atoms with E-state index in [0.29, 0.717) is 28.2 Å². The van der Waals surface area contributed by atoms with E-state index in [4.69, 9.17) is 0 Å². The highest BCUT2D eigenvalue weighted by molar-refractivity contribution is 6.01. The number of carbonyl (C=O) groups excluding carboxylic acids is 1. The predicted molar refractivity (Wildman–Crippen MR) is 142 cm³/mol. The molecule has 0 atom stereocenters. The van der Waals surface area contributed by atoms with Gasteiger partial charge in [0.25, 0.3) is 0 Å². The van der Waals surface area contributed by atoms with Crippen LogP contribution >= 0.6 is 0 Å². The minimum Gasteiger partial charge on any atom is -0.320 e. The average Bonchev–Trinajstić information content (AvgIpc) is 3.69. The molecular weight excluding hydrogens is 485 g/mol. The summed E-state index contributed by atoms with van der Waals surface area (Å²) in [4.78, 5) is 39.0. The Balaban J connectivity index is 1.23. The van der Waals surface area contributed by atoms with E-state index < -0.39 is 5.82 Å². The number of ketones is 1. The molecule has 11 heteroatoms. The van der Waals surface area contributed by atoms with Crippen molar-refractivity contribution in [3.63, 3.8) is 0 Å². The van der Waals surface area contributed by atoms with Gasteiger partial charge < -0.3 is 14.8 Å². The standard InChI is InChI=1S/C27H30FN9O/c1-3-35-8-10-36(11-9-35)15-18-4-7-23(29-13-18)33-27-30-14-21(28)25(34-27)24-20-12-22(17(2)38)37(19-5-6-19)26(20)32-16-31-24/h4,7,12-14,16,19H,3,5-6,8-11,15H2,1-2H3,(H,29,30,33,34). The van der Waals surface area contributed by atoms with Gasteiger partial charge in [-0.25, -0.2) is 29.3 Å². The Morgan fingerprint density at radius 1 is 1.03 bits per heavy atom. The van der Waals surface area contributed by atoms with Crippen molar-refractivity contribution in [3.8, 4) is 11.4 Å². The van der Waals surface area contributed by atoms with Crippen molar-refractivity contribution in [3.05, 3.63) is 54.0 Å². The number of pyridine rings is 1. The van der Waals surface area contributed by atoms with Gasteiger partial charge >= 0.3 is 0 Å². The number of nitrogens with zero attached hydrogens (tertiary/aromatic N) is 8. The number of aromatic nitrogens is 6. The Hall–Kier alpha value is -3.83. The summed E-state index contributed by atoms with van der Waals surface area (Å²) < 4.78 is 16.9. The number of Topliss-reactive ketones (excluding diaryl/α,β-unsaturated/α-hetero) is 1. The second kappa shape index (κ2) is 10.1. The molecule has 0 amide bonds. The molecule has 0 aromatic carbocycles. The van der Waals surface area contributed by atoms with E-state index in [1.165, 1.54) is 13.3 Å². The third-order valence-electron chi connectivity index (χ3n) is 7.26. The van der Waals surface area contributed by atoms with Crippen LogP contribution in [0.5, 0.6) is 0 Å². The van der Waals surface area contributed by atoms with Gasteiger partial charge in [0.15, 0.2) is 11.6 Å². The molecule has 1 aliphatic carbocycles. The number of piperazine rings is 1. The maximum atomic E-state index is 15.0. The van der Waals surface area contributed by atoms with Gasteiger partial charge in [0.05, 0.1) is 11.9 Å². The molecule has 6 rings (SSSR count). The van der Waals surface area contributed by atoms with E-state index in [0.717, 1.165) is 63.9 Å². The molecule has 4 aromatic rings. The minimum absolute atomic E-state index is 0.0424. The molecule has 38 heavy (non-hydrogen) atoms. The Bertz CT molecular complexity index is 1470. The number of carbonyl (C=O) groups is 1. The summed E-state index contributed by atoms with van der Waals surface area (Å²) >= 11 is 0. The molecule has 5 heterocycles. The highest BCUT2D eigenvalue weighted by Gasteiger charge is 2.30. The molecule has 4 aromatic heterocycles. The lowest BCUT2D eigenvalue weighted by Gasteiger charge is -2.33. The molecule has 1 saturated heterocycles. The number of halogens is 1. The molecule has 0 unspecified atom stereocenters. The van der Waals surface area contributed by atoms with Gasteiger partial charge in [0.1, 0.15) is 29.2 Å². The van der Waals surface area contributed by atoms with E-state index in [9.17, 15) is 9.18 Å². The molecule has 0 spiro atoms. The van der Waals surface area contributed by atoms with Gasteiger partial charge in [-0.1, -0.05) is 13.0 Å². The number of nitrogens with one attached hydrogen (secondary N) is 1. The number of rotatable bonds is 8. The van der Waals surface area contributed by atoms with Crippen molar-refractivity contribution < 1.29 is 9.18 Å². The molecule has 10 nitrogen and oxygen atoms in total. The first-order valence-corrected chi connectivity index (χ1v) is 13.1. The molecule has 2 aliphatic rings. The molecule has 1 N–H and O–H groups in total. The molecule has 0 radical (unpaired) electrons. The predicted octanol–water partition coefficient (Wildman–Crippen LogP) is 3.84. The maximum Gasteiger partial charge on any atom is 0.229 e. The summed E-state index contributed by atoms with van der Waals surface area (Å²) in [5, 5.41) is 3.67. The average molecular weight is 516 g/mol. The van der Waals surface area contributed by atoms with Gasteiger partial charge in [-0.15, -0.1) is 0 Å². The van der Waals surface area contributed by atoms with Crippen LogP contribution in [0.15, 0.2) is 36.9 Å². The van der Waals surface area contributed by atoms with Gasteiger partial charge in [0.2, 0.25) is 5.95 Å². The summed E-state index contributed by atoms with van der Waals surface area (Å²) in [7, 11) is 0. The fourth-order valence-corrected chi connectivity index (χ4v) is 5.02. The quantitative estimate of drug-likeness (QED) is 0.350. The van der Waals surface area contributed by atoms with Crippen molar-refractivity contribution in [1.29, 1.82) is 0 Å². The molecule has 1 saturated carbocycles. The monoisotopic (exact) mass is 515 g/mol. The van der Waals surface area contributed by atoms with E-state index in [-0.39, 0.29) is 23.5 Å². The minimum atomic E-state index is -0.606. The van der Waals surface area contributed by atoms with Crippen LogP contribution in [0.25, 0.3) is 22.4 Å². The zero-order valence-corrected chi connectivity index (χ0v) is 21.6. The smallest absolute Gasteiger partial charge is 0.229 e. The van der Waals surface area contributed by atoms with Gasteiger partial charge in [0, 0.05) is 57.3 Å². The van der Waals surface area contributed by atoms with E-state index in [2.05, 4.69) is 47.0 Å². The van der Waals surface area contributed by atoms with Crippen molar-refractivity contribution in [2.45, 2.75) is 39.3 Å². The maximum absolute atomic E-state index is 15.0. The summed E-state index contributed by atoms with van der Waals surface area (Å²) in [6.07, 6.45) is 6.32. The lowest BCUT2D eigenvalue weighted by molar-refractivity contribution is 0.100. The highest BCUT2D eigenvalue weighted by atomic mass is 19.1. The third-order valence-corrected chi connectivity index (χ3v) is 7.26. The van der Waals surface area contributed by atoms with Crippen molar-refractivity contribution in [2.75, 3.05) is 38.0 Å². The summed E-state index contributed by atoms with van der Waals surface area (Å²) in [5.41, 5.74) is 2.66. The van der Waals surface area contributed by atoms with Crippen LogP contribution in [-0.2, 0) is 6.54 Å². The normalized spacial score (nSPS) is 16.7. The first kappa shape index (κ1) is 24.5. The van der Waals surface area contributed by atoms with Crippen LogP contribution in [0.2, 0.25) is 0 Å². The number of anilines is 2. The summed E-state index contributed by atoms with van der Waals surface area (Å²) in [5.74, 6) is 0.0980. The van der Waals surface area contributed by atoms with Crippen molar-refractivity contribution in [1.82, 2.24) is 39.3 Å². The summed E-state index contributed by atoms with van der Waals surface area (Å²) in [6.45, 7) is 9.96. The van der Waals surface area contributed by atoms with E-state index in [1.54, 1.807) is 6.07 Å². The number of hydrogen-bond acceptors (Lipinski definition) is 9. The van der Waals surface area contributed by atoms with E-state index >= 15 is 0 Å². The SMILES string of the molecule is CCN1CCN(Cc2ccc(Nc3ncc(F)c(-c4ncnc5c4cc(C(C)=O)n5C4CC4)n3)nc2)CC1. The van der Waals surface area contributed by atoms with Gasteiger partial charge in [-0.2, -0.15) is 0 Å². The topological polar surface area (TPSA) is 105 Å². The van der Waals surface area contributed by atoms with Crippen LogP contribution in [-0.4, -0.2) is 77.8 Å². The number of likely N-dealkylation sites (N-methyl/N-ethyl adjacent to an activating group) is 1. The first-order valence-electron chi connectivity index (χ1n) is 13.1. The second-order valence-electron chi connectivity index (χ2n) is 9.92. The van der Waals surface area contributed by atoms with Crippen LogP contribution in [0.1, 0.15) is 48.8 Å². The molecule has 1 aliphatic heterocycles. The van der Waals surface area contributed by atoms with Gasteiger partial charge in [-0.05, 0) is 37.1 Å². The van der Waals surface area contributed by atoms with Crippen molar-refractivity contribution >= 4 is 28.6 Å². The lowest BCUT2D eigenvalue weighted by atomic mass is 10.2. The Morgan fingerprint density at radius 2 is 1.82 bits per heavy atom. The van der Waals surface area contributed by atoms with E-state index in [1.807, 2.05) is 22.9 Å². The second-order valence-corrected chi connectivity index (χ2v) is 9.92. The van der Waals surface area contributed by atoms with Crippen molar-refractivity contribution in [2.24, 2.45) is 0 Å². The Kier molecular flexibility index (Phi) is 6.54. The van der Waals surface area contributed by atoms with Gasteiger partial charge in [-0.3, -0.25) is 9.69 Å². The zero-order chi connectivity index (χ0) is 26.2. The zero-order valence-electron chi connectivity index (χ0n) is 21.6. The van der Waals surface area contributed by atoms with Crippen LogP contribution in [0, 0.1) is 5.82 Å².